The molecule has 0 saturated carbocycles. The Labute approximate surface area is 164 Å². The van der Waals surface area contributed by atoms with Gasteiger partial charge >= 0.3 is 6.16 Å². The van der Waals surface area contributed by atoms with Crippen molar-refractivity contribution < 1.29 is 14.3 Å². The van der Waals surface area contributed by atoms with Crippen molar-refractivity contribution >= 4 is 35.2 Å². The van der Waals surface area contributed by atoms with E-state index in [1.807, 2.05) is 12.2 Å². The number of ether oxygens (including phenoxy) is 2. The molecule has 2 aliphatic carbocycles. The molecule has 4 nitrogen and oxygen atoms in total. The maximum atomic E-state index is 12.0. The Kier molecular flexibility index (Phi) is 4.49. The third kappa shape index (κ3) is 3.25. The molecule has 0 amide bonds. The van der Waals surface area contributed by atoms with Gasteiger partial charge in [0, 0.05) is 6.54 Å². The van der Waals surface area contributed by atoms with E-state index in [0.717, 1.165) is 31.3 Å². The van der Waals surface area contributed by atoms with Crippen molar-refractivity contribution in [2.24, 2.45) is 0 Å². The van der Waals surface area contributed by atoms with Crippen LogP contribution in [0, 0.1) is 0 Å². The van der Waals surface area contributed by atoms with Gasteiger partial charge in [-0.1, -0.05) is 42.5 Å². The van der Waals surface area contributed by atoms with Crippen LogP contribution in [0.3, 0.4) is 0 Å². The lowest BCUT2D eigenvalue weighted by molar-refractivity contribution is 0.0729. The Bertz CT molecular complexity index is 1120. The molecule has 0 unspecified atom stereocenters. The highest BCUT2D eigenvalue weighted by molar-refractivity contribution is 5.96. The van der Waals surface area contributed by atoms with Gasteiger partial charge in [-0.3, -0.25) is 4.90 Å². The fourth-order valence-corrected chi connectivity index (χ4v) is 4.34. The molecule has 0 radical (unpaired) electrons. The molecule has 0 aromatic heterocycles. The first-order chi connectivity index (χ1) is 13.8. The summed E-state index contributed by atoms with van der Waals surface area (Å²) < 4.78 is 10.6. The molecule has 1 aliphatic heterocycles. The summed E-state index contributed by atoms with van der Waals surface area (Å²) in [6.07, 6.45) is 12.9. The SMILES string of the molecule is O=C(OCCN1CCCC1)OC1=CCc2c(ccc3c4c(ccc23)=CC=C4)=C1. The number of carbonyl (C=O) groups is 1. The predicted molar refractivity (Wildman–Crippen MR) is 111 cm³/mol. The van der Waals surface area contributed by atoms with Crippen LogP contribution in [0.25, 0.3) is 29.0 Å². The van der Waals surface area contributed by atoms with Gasteiger partial charge in [-0.15, -0.1) is 0 Å². The molecule has 3 aliphatic rings. The molecule has 1 fully saturated rings. The second kappa shape index (κ2) is 7.28. The minimum absolute atomic E-state index is 0.378. The van der Waals surface area contributed by atoms with Crippen molar-refractivity contribution in [1.29, 1.82) is 0 Å². The lowest BCUT2D eigenvalue weighted by Gasteiger charge is -2.15. The zero-order chi connectivity index (χ0) is 18.9. The number of carbonyl (C=O) groups excluding carboxylic acids is 1. The van der Waals surface area contributed by atoms with E-state index in [4.69, 9.17) is 9.47 Å². The first-order valence-corrected chi connectivity index (χ1v) is 10.00. The summed E-state index contributed by atoms with van der Waals surface area (Å²) in [5.74, 6) is 0.562. The topological polar surface area (TPSA) is 38.8 Å². The summed E-state index contributed by atoms with van der Waals surface area (Å²) in [7, 11) is 0. The van der Waals surface area contributed by atoms with E-state index in [9.17, 15) is 4.79 Å². The molecule has 142 valence electrons. The van der Waals surface area contributed by atoms with Gasteiger partial charge in [-0.05, 0) is 76.8 Å². The van der Waals surface area contributed by atoms with Gasteiger partial charge in [0.1, 0.15) is 12.4 Å². The maximum Gasteiger partial charge on any atom is 0.513 e. The Morgan fingerprint density at radius 3 is 2.75 bits per heavy atom. The summed E-state index contributed by atoms with van der Waals surface area (Å²) in [4.78, 5) is 14.3. The lowest BCUT2D eigenvalue weighted by atomic mass is 9.94. The molecule has 4 heteroatoms. The number of nitrogens with zero attached hydrogens (tertiary/aromatic N) is 1. The van der Waals surface area contributed by atoms with Gasteiger partial charge in [-0.25, -0.2) is 4.79 Å². The van der Waals surface area contributed by atoms with Gasteiger partial charge in [0.05, 0.1) is 0 Å². The Hall–Kier alpha value is -2.85. The molecule has 2 aromatic carbocycles. The fourth-order valence-electron chi connectivity index (χ4n) is 4.34. The second-order valence-corrected chi connectivity index (χ2v) is 7.53. The van der Waals surface area contributed by atoms with Crippen LogP contribution >= 0.6 is 0 Å². The minimum Gasteiger partial charge on any atom is -0.433 e. The van der Waals surface area contributed by atoms with Gasteiger partial charge in [-0.2, -0.15) is 0 Å². The van der Waals surface area contributed by atoms with Gasteiger partial charge in [0.25, 0.3) is 0 Å². The van der Waals surface area contributed by atoms with Crippen molar-refractivity contribution in [3.05, 3.63) is 63.7 Å². The number of likely N-dealkylation sites (tertiary alicyclic amines) is 1. The lowest BCUT2D eigenvalue weighted by Crippen LogP contribution is -2.25. The van der Waals surface area contributed by atoms with E-state index < -0.39 is 6.16 Å². The Morgan fingerprint density at radius 2 is 1.86 bits per heavy atom. The first-order valence-electron chi connectivity index (χ1n) is 10.00. The summed E-state index contributed by atoms with van der Waals surface area (Å²) in [6.45, 7) is 3.35. The number of benzene rings is 2. The standard InChI is InChI=1S/C24H23NO3/c26-24(27-15-14-25-12-1-2-13-25)28-19-8-11-21-18(16-19)7-10-22-20-5-3-4-17(20)6-9-23(21)22/h3-10,16H,1-2,11-15H2. The zero-order valence-corrected chi connectivity index (χ0v) is 15.8. The predicted octanol–water partition coefficient (Wildman–Crippen LogP) is 3.12. The van der Waals surface area contributed by atoms with Crippen molar-refractivity contribution in [1.82, 2.24) is 4.90 Å². The average Bonchev–Trinajstić information content (AvgIpc) is 3.39. The zero-order valence-electron chi connectivity index (χ0n) is 15.8. The second-order valence-electron chi connectivity index (χ2n) is 7.53. The van der Waals surface area contributed by atoms with Crippen molar-refractivity contribution in [2.45, 2.75) is 19.3 Å². The maximum absolute atomic E-state index is 12.0. The fraction of sp³-hybridized carbons (Fsp3) is 0.292. The molecule has 28 heavy (non-hydrogen) atoms. The van der Waals surface area contributed by atoms with Crippen LogP contribution in [-0.2, 0) is 15.9 Å². The number of hydrogen-bond acceptors (Lipinski definition) is 4. The summed E-state index contributed by atoms with van der Waals surface area (Å²) in [5, 5.41) is 4.90. The number of hydrogen-bond donors (Lipinski definition) is 0. The van der Waals surface area contributed by atoms with Gasteiger partial charge < -0.3 is 9.47 Å². The van der Waals surface area contributed by atoms with Crippen LogP contribution in [-0.4, -0.2) is 37.3 Å². The van der Waals surface area contributed by atoms with Crippen LogP contribution in [0.15, 0.2) is 42.2 Å². The molecular formula is C24H23NO3. The van der Waals surface area contributed by atoms with Crippen LogP contribution in [0.2, 0.25) is 0 Å². The van der Waals surface area contributed by atoms with E-state index in [0.29, 0.717) is 12.4 Å². The molecule has 1 heterocycles. The van der Waals surface area contributed by atoms with E-state index >= 15 is 0 Å². The molecule has 0 N–H and O–H groups in total. The van der Waals surface area contributed by atoms with Gasteiger partial charge in [0.2, 0.25) is 0 Å². The van der Waals surface area contributed by atoms with E-state index in [2.05, 4.69) is 47.4 Å². The average molecular weight is 373 g/mol. The van der Waals surface area contributed by atoms with Crippen LogP contribution in [0.1, 0.15) is 24.0 Å². The highest BCUT2D eigenvalue weighted by Gasteiger charge is 2.15. The molecule has 5 rings (SSSR count). The highest BCUT2D eigenvalue weighted by Crippen LogP contribution is 2.23. The number of rotatable bonds is 4. The summed E-state index contributed by atoms with van der Waals surface area (Å²) in [6, 6.07) is 8.63. The molecule has 0 atom stereocenters. The normalized spacial score (nSPS) is 17.5. The Balaban J connectivity index is 1.30. The number of allylic oxidation sites excluding steroid dienone is 3. The summed E-state index contributed by atoms with van der Waals surface area (Å²) >= 11 is 0. The smallest absolute Gasteiger partial charge is 0.433 e. The Morgan fingerprint density at radius 1 is 1.04 bits per heavy atom. The monoisotopic (exact) mass is 373 g/mol. The van der Waals surface area contributed by atoms with E-state index in [1.54, 1.807) is 0 Å². The van der Waals surface area contributed by atoms with Crippen molar-refractivity contribution in [3.8, 4) is 0 Å². The van der Waals surface area contributed by atoms with Crippen LogP contribution in [0.5, 0.6) is 0 Å². The van der Waals surface area contributed by atoms with E-state index in [-0.39, 0.29) is 0 Å². The van der Waals surface area contributed by atoms with Crippen molar-refractivity contribution in [3.63, 3.8) is 0 Å². The molecule has 0 spiro atoms. The van der Waals surface area contributed by atoms with Crippen LogP contribution in [0.4, 0.5) is 4.79 Å². The minimum atomic E-state index is -0.621. The van der Waals surface area contributed by atoms with Crippen LogP contribution < -0.4 is 10.4 Å². The first kappa shape index (κ1) is 17.3. The largest absolute Gasteiger partial charge is 0.513 e. The van der Waals surface area contributed by atoms with Gasteiger partial charge in [0.15, 0.2) is 0 Å². The van der Waals surface area contributed by atoms with Crippen molar-refractivity contribution in [2.75, 3.05) is 26.2 Å². The van der Waals surface area contributed by atoms with E-state index in [1.165, 1.54) is 40.0 Å². The third-order valence-electron chi connectivity index (χ3n) is 5.80. The highest BCUT2D eigenvalue weighted by atomic mass is 16.7. The number of fused-ring (bicyclic) bond motifs is 5. The molecular weight excluding hydrogens is 350 g/mol. The molecule has 1 saturated heterocycles. The summed E-state index contributed by atoms with van der Waals surface area (Å²) in [5.41, 5.74) is 2.56. The third-order valence-corrected chi connectivity index (χ3v) is 5.80. The quantitative estimate of drug-likeness (QED) is 0.772. The molecule has 2 aromatic rings. The molecule has 0 bridgehead atoms.